The van der Waals surface area contributed by atoms with Crippen LogP contribution in [0.5, 0.6) is 5.75 Å². The van der Waals surface area contributed by atoms with Crippen LogP contribution in [0.4, 0.5) is 8.78 Å². The van der Waals surface area contributed by atoms with Gasteiger partial charge in [-0.05, 0) is 36.4 Å². The topological polar surface area (TPSA) is 59.0 Å². The smallest absolute Gasteiger partial charge is 0.387 e. The number of nitrogens with zero attached hydrogens (tertiary/aromatic N) is 2. The summed E-state index contributed by atoms with van der Waals surface area (Å²) < 4.78 is 33.8. The molecule has 0 N–H and O–H groups in total. The minimum atomic E-state index is -2.85. The van der Waals surface area contributed by atoms with E-state index in [1.165, 1.54) is 29.7 Å². The van der Waals surface area contributed by atoms with E-state index >= 15 is 0 Å². The Bertz CT molecular complexity index is 878. The maximum Gasteiger partial charge on any atom is 0.387 e. The molecule has 0 aliphatic heterocycles. The SMILES string of the molecule is N#CC(=Cc1ccco1)c1nc(-c2ccc(OC(F)F)cc2)cs1. The number of benzene rings is 1. The molecule has 2 aromatic heterocycles. The van der Waals surface area contributed by atoms with E-state index in [1.54, 1.807) is 35.7 Å². The maximum absolute atomic E-state index is 12.2. The lowest BCUT2D eigenvalue weighted by Crippen LogP contribution is -2.01. The van der Waals surface area contributed by atoms with Crippen molar-refractivity contribution in [2.24, 2.45) is 0 Å². The Kier molecular flexibility index (Phi) is 4.68. The number of hydrogen-bond acceptors (Lipinski definition) is 5. The number of allylic oxidation sites excluding steroid dienone is 1. The van der Waals surface area contributed by atoms with Crippen LogP contribution in [0.1, 0.15) is 10.8 Å². The van der Waals surface area contributed by atoms with E-state index in [-0.39, 0.29) is 5.75 Å². The van der Waals surface area contributed by atoms with Gasteiger partial charge in [-0.1, -0.05) is 0 Å². The summed E-state index contributed by atoms with van der Waals surface area (Å²) in [6.45, 7) is -2.85. The van der Waals surface area contributed by atoms with Crippen molar-refractivity contribution in [2.75, 3.05) is 0 Å². The fourth-order valence-corrected chi connectivity index (χ4v) is 2.79. The second-order valence-corrected chi connectivity index (χ2v) is 5.48. The van der Waals surface area contributed by atoms with E-state index in [2.05, 4.69) is 15.8 Å². The van der Waals surface area contributed by atoms with Gasteiger partial charge in [0, 0.05) is 17.0 Å². The average molecular weight is 344 g/mol. The van der Waals surface area contributed by atoms with Gasteiger partial charge in [0.1, 0.15) is 22.6 Å². The molecule has 0 amide bonds. The van der Waals surface area contributed by atoms with Crippen LogP contribution in [0.3, 0.4) is 0 Å². The minimum Gasteiger partial charge on any atom is -0.465 e. The molecule has 2 heterocycles. The van der Waals surface area contributed by atoms with Crippen LogP contribution in [-0.4, -0.2) is 11.6 Å². The number of alkyl halides is 2. The van der Waals surface area contributed by atoms with Gasteiger partial charge in [-0.2, -0.15) is 14.0 Å². The summed E-state index contributed by atoms with van der Waals surface area (Å²) in [5.41, 5.74) is 1.78. The summed E-state index contributed by atoms with van der Waals surface area (Å²) in [4.78, 5) is 4.42. The molecule has 0 bridgehead atoms. The predicted octanol–water partition coefficient (Wildman–Crippen LogP) is 5.07. The molecule has 24 heavy (non-hydrogen) atoms. The highest BCUT2D eigenvalue weighted by molar-refractivity contribution is 7.11. The Hall–Kier alpha value is -2.98. The third-order valence-corrected chi connectivity index (χ3v) is 3.94. The van der Waals surface area contributed by atoms with E-state index in [9.17, 15) is 14.0 Å². The van der Waals surface area contributed by atoms with E-state index in [1.807, 2.05) is 0 Å². The van der Waals surface area contributed by atoms with Gasteiger partial charge in [0.15, 0.2) is 0 Å². The maximum atomic E-state index is 12.2. The van der Waals surface area contributed by atoms with Crippen LogP contribution >= 0.6 is 11.3 Å². The number of rotatable bonds is 5. The van der Waals surface area contributed by atoms with Crippen LogP contribution in [-0.2, 0) is 0 Å². The molecule has 3 rings (SSSR count). The van der Waals surface area contributed by atoms with Gasteiger partial charge >= 0.3 is 6.61 Å². The summed E-state index contributed by atoms with van der Waals surface area (Å²) in [5.74, 6) is 0.649. The van der Waals surface area contributed by atoms with Gasteiger partial charge in [-0.3, -0.25) is 0 Å². The van der Waals surface area contributed by atoms with Gasteiger partial charge in [-0.15, -0.1) is 11.3 Å². The van der Waals surface area contributed by atoms with Crippen LogP contribution in [0.15, 0.2) is 52.5 Å². The van der Waals surface area contributed by atoms with Crippen molar-refractivity contribution in [1.29, 1.82) is 5.26 Å². The first kappa shape index (κ1) is 15.9. The Morgan fingerprint density at radius 1 is 1.29 bits per heavy atom. The van der Waals surface area contributed by atoms with Crippen molar-refractivity contribution in [3.63, 3.8) is 0 Å². The molecule has 0 unspecified atom stereocenters. The van der Waals surface area contributed by atoms with Crippen molar-refractivity contribution in [2.45, 2.75) is 6.61 Å². The van der Waals surface area contributed by atoms with Crippen molar-refractivity contribution >= 4 is 23.0 Å². The fraction of sp³-hybridized carbons (Fsp3) is 0.0588. The second kappa shape index (κ2) is 7.06. The lowest BCUT2D eigenvalue weighted by Gasteiger charge is -2.04. The number of aromatic nitrogens is 1. The molecule has 3 aromatic rings. The third kappa shape index (κ3) is 3.67. The van der Waals surface area contributed by atoms with Crippen LogP contribution in [0.2, 0.25) is 0 Å². The number of furan rings is 1. The minimum absolute atomic E-state index is 0.0830. The molecule has 0 spiro atoms. The van der Waals surface area contributed by atoms with Gasteiger partial charge in [0.2, 0.25) is 0 Å². The standard InChI is InChI=1S/C17H10F2N2O2S/c18-17(19)23-13-5-3-11(4-6-13)15-10-24-16(21-15)12(9-20)8-14-2-1-7-22-14/h1-8,10,17H. The number of thiazole rings is 1. The number of hydrogen-bond donors (Lipinski definition) is 0. The molecule has 4 nitrogen and oxygen atoms in total. The van der Waals surface area contributed by atoms with Gasteiger partial charge in [-0.25, -0.2) is 4.98 Å². The normalized spacial score (nSPS) is 11.5. The first-order valence-corrected chi connectivity index (χ1v) is 7.70. The predicted molar refractivity (Wildman–Crippen MR) is 86.4 cm³/mol. The summed E-state index contributed by atoms with van der Waals surface area (Å²) in [5, 5.41) is 11.6. The molecular formula is C17H10F2N2O2S. The highest BCUT2D eigenvalue weighted by Crippen LogP contribution is 2.28. The first-order chi connectivity index (χ1) is 11.7. The zero-order chi connectivity index (χ0) is 16.9. The molecule has 7 heteroatoms. The zero-order valence-electron chi connectivity index (χ0n) is 12.1. The number of halogens is 2. The zero-order valence-corrected chi connectivity index (χ0v) is 13.0. The molecular weight excluding hydrogens is 334 g/mol. The Morgan fingerprint density at radius 2 is 2.08 bits per heavy atom. The fourth-order valence-electron chi connectivity index (χ4n) is 1.99. The molecule has 0 saturated heterocycles. The molecule has 0 radical (unpaired) electrons. The molecule has 0 aliphatic carbocycles. The van der Waals surface area contributed by atoms with Crippen molar-refractivity contribution in [3.8, 4) is 23.1 Å². The number of nitriles is 1. The quantitative estimate of drug-likeness (QED) is 0.606. The van der Waals surface area contributed by atoms with Crippen LogP contribution in [0, 0.1) is 11.3 Å². The summed E-state index contributed by atoms with van der Waals surface area (Å²) in [6.07, 6.45) is 3.14. The van der Waals surface area contributed by atoms with E-state index in [0.29, 0.717) is 22.0 Å². The van der Waals surface area contributed by atoms with E-state index in [0.717, 1.165) is 5.56 Å². The van der Waals surface area contributed by atoms with E-state index < -0.39 is 6.61 Å². The molecule has 0 fully saturated rings. The number of ether oxygens (including phenoxy) is 1. The highest BCUT2D eigenvalue weighted by Gasteiger charge is 2.10. The average Bonchev–Trinajstić information content (AvgIpc) is 3.24. The summed E-state index contributed by atoms with van der Waals surface area (Å²) in [7, 11) is 0. The molecule has 0 saturated carbocycles. The summed E-state index contributed by atoms with van der Waals surface area (Å²) >= 11 is 1.32. The van der Waals surface area contributed by atoms with Crippen LogP contribution < -0.4 is 4.74 Å². The Morgan fingerprint density at radius 3 is 2.71 bits per heavy atom. The largest absolute Gasteiger partial charge is 0.465 e. The van der Waals surface area contributed by atoms with Crippen LogP contribution in [0.25, 0.3) is 22.9 Å². The second-order valence-electron chi connectivity index (χ2n) is 4.63. The highest BCUT2D eigenvalue weighted by atomic mass is 32.1. The third-order valence-electron chi connectivity index (χ3n) is 3.06. The van der Waals surface area contributed by atoms with E-state index in [4.69, 9.17) is 4.42 Å². The first-order valence-electron chi connectivity index (χ1n) is 6.82. The molecule has 120 valence electrons. The molecule has 0 atom stereocenters. The Labute approximate surface area is 140 Å². The van der Waals surface area contributed by atoms with Gasteiger partial charge < -0.3 is 9.15 Å². The van der Waals surface area contributed by atoms with Gasteiger partial charge in [0.25, 0.3) is 0 Å². The van der Waals surface area contributed by atoms with Crippen molar-refractivity contribution in [3.05, 3.63) is 58.8 Å². The lowest BCUT2D eigenvalue weighted by atomic mass is 10.1. The summed E-state index contributed by atoms with van der Waals surface area (Å²) in [6, 6.07) is 11.7. The van der Waals surface area contributed by atoms with Gasteiger partial charge in [0.05, 0.1) is 17.5 Å². The Balaban J connectivity index is 1.84. The van der Waals surface area contributed by atoms with Crippen molar-refractivity contribution in [1.82, 2.24) is 4.98 Å². The molecule has 0 aliphatic rings. The molecule has 1 aromatic carbocycles. The monoisotopic (exact) mass is 344 g/mol. The van der Waals surface area contributed by atoms with Crippen molar-refractivity contribution < 1.29 is 17.9 Å². The lowest BCUT2D eigenvalue weighted by molar-refractivity contribution is -0.0498.